The molecule has 1 aromatic heterocycles. The number of anilines is 2. The molecule has 1 atom stereocenters. The standard InChI is InChI=1S/C18H18N2O5/c1-11-9-16(21)19-14-5-3-4-6-15(14)20(11)17(22)10-25-18(23)13-7-8-24-12(13)2/h3-8,11H,9-10H2,1-2H3,(H,19,21). The van der Waals surface area contributed by atoms with Crippen LogP contribution in [0.15, 0.2) is 41.0 Å². The van der Waals surface area contributed by atoms with Crippen LogP contribution in [0.3, 0.4) is 0 Å². The third-order valence-electron chi connectivity index (χ3n) is 4.03. The number of rotatable bonds is 3. The maximum atomic E-state index is 12.7. The predicted octanol–water partition coefficient (Wildman–Crippen LogP) is 2.51. The van der Waals surface area contributed by atoms with Crippen LogP contribution in [0.4, 0.5) is 11.4 Å². The van der Waals surface area contributed by atoms with Crippen LogP contribution in [0, 0.1) is 6.92 Å². The van der Waals surface area contributed by atoms with E-state index in [9.17, 15) is 14.4 Å². The molecule has 0 fully saturated rings. The van der Waals surface area contributed by atoms with Crippen molar-refractivity contribution in [2.45, 2.75) is 26.3 Å². The van der Waals surface area contributed by atoms with Gasteiger partial charge in [0.15, 0.2) is 6.61 Å². The molecule has 0 saturated carbocycles. The van der Waals surface area contributed by atoms with Crippen molar-refractivity contribution in [2.75, 3.05) is 16.8 Å². The first-order valence-corrected chi connectivity index (χ1v) is 7.89. The monoisotopic (exact) mass is 342 g/mol. The second kappa shape index (κ2) is 6.80. The molecule has 1 aromatic carbocycles. The lowest BCUT2D eigenvalue weighted by atomic mass is 10.1. The molecule has 130 valence electrons. The van der Waals surface area contributed by atoms with Crippen molar-refractivity contribution in [3.05, 3.63) is 47.9 Å². The van der Waals surface area contributed by atoms with E-state index in [4.69, 9.17) is 9.15 Å². The zero-order valence-corrected chi connectivity index (χ0v) is 13.9. The number of hydrogen-bond donors (Lipinski definition) is 1. The second-order valence-corrected chi connectivity index (χ2v) is 5.85. The second-order valence-electron chi connectivity index (χ2n) is 5.85. The highest BCUT2D eigenvalue weighted by atomic mass is 16.5. The fourth-order valence-corrected chi connectivity index (χ4v) is 2.84. The van der Waals surface area contributed by atoms with Crippen LogP contribution in [-0.2, 0) is 14.3 Å². The lowest BCUT2D eigenvalue weighted by Crippen LogP contribution is -2.41. The summed E-state index contributed by atoms with van der Waals surface area (Å²) in [6.45, 7) is 3.00. The van der Waals surface area contributed by atoms with Gasteiger partial charge in [0.1, 0.15) is 11.3 Å². The van der Waals surface area contributed by atoms with E-state index in [2.05, 4.69) is 5.32 Å². The molecule has 0 spiro atoms. The quantitative estimate of drug-likeness (QED) is 0.866. The summed E-state index contributed by atoms with van der Waals surface area (Å²) in [5, 5.41) is 2.78. The van der Waals surface area contributed by atoms with Gasteiger partial charge >= 0.3 is 5.97 Å². The van der Waals surface area contributed by atoms with E-state index in [1.54, 1.807) is 38.1 Å². The van der Waals surface area contributed by atoms with Gasteiger partial charge in [0.05, 0.1) is 17.6 Å². The Balaban J connectivity index is 1.77. The van der Waals surface area contributed by atoms with E-state index in [0.717, 1.165) is 0 Å². The molecule has 0 radical (unpaired) electrons. The molecule has 0 bridgehead atoms. The highest BCUT2D eigenvalue weighted by Crippen LogP contribution is 2.31. The molecule has 25 heavy (non-hydrogen) atoms. The molecule has 1 N–H and O–H groups in total. The molecular formula is C18H18N2O5. The highest BCUT2D eigenvalue weighted by Gasteiger charge is 2.30. The Bertz CT molecular complexity index is 826. The summed E-state index contributed by atoms with van der Waals surface area (Å²) in [5.41, 5.74) is 1.43. The van der Waals surface area contributed by atoms with Gasteiger partial charge < -0.3 is 19.4 Å². The summed E-state index contributed by atoms with van der Waals surface area (Å²) < 4.78 is 10.2. The Hall–Kier alpha value is -3.09. The van der Waals surface area contributed by atoms with E-state index in [0.29, 0.717) is 17.1 Å². The van der Waals surface area contributed by atoms with E-state index in [1.807, 2.05) is 0 Å². The van der Waals surface area contributed by atoms with Crippen molar-refractivity contribution in [1.82, 2.24) is 0 Å². The Labute approximate surface area is 144 Å². The first-order valence-electron chi connectivity index (χ1n) is 7.89. The Morgan fingerprint density at radius 2 is 2.08 bits per heavy atom. The third-order valence-corrected chi connectivity index (χ3v) is 4.03. The number of hydrogen-bond acceptors (Lipinski definition) is 5. The summed E-state index contributed by atoms with van der Waals surface area (Å²) >= 11 is 0. The predicted molar refractivity (Wildman–Crippen MR) is 90.4 cm³/mol. The van der Waals surface area contributed by atoms with Crippen molar-refractivity contribution in [1.29, 1.82) is 0 Å². The Morgan fingerprint density at radius 1 is 1.32 bits per heavy atom. The first-order chi connectivity index (χ1) is 12.0. The molecule has 1 aliphatic rings. The van der Waals surface area contributed by atoms with E-state index >= 15 is 0 Å². The van der Waals surface area contributed by atoms with Gasteiger partial charge in [-0.3, -0.25) is 9.59 Å². The number of para-hydroxylation sites is 2. The van der Waals surface area contributed by atoms with Gasteiger partial charge in [-0.2, -0.15) is 0 Å². The number of nitrogens with zero attached hydrogens (tertiary/aromatic N) is 1. The molecular weight excluding hydrogens is 324 g/mol. The molecule has 2 heterocycles. The topological polar surface area (TPSA) is 88.8 Å². The SMILES string of the molecule is Cc1occc1C(=O)OCC(=O)N1c2ccccc2NC(=O)CC1C. The summed E-state index contributed by atoms with van der Waals surface area (Å²) in [6, 6.07) is 8.17. The molecule has 7 heteroatoms. The number of amides is 2. The average molecular weight is 342 g/mol. The average Bonchev–Trinajstić information content (AvgIpc) is 2.94. The maximum absolute atomic E-state index is 12.7. The summed E-state index contributed by atoms with van der Waals surface area (Å²) in [4.78, 5) is 38.1. The van der Waals surface area contributed by atoms with Gasteiger partial charge in [0, 0.05) is 12.5 Å². The van der Waals surface area contributed by atoms with Gasteiger partial charge in [0.25, 0.3) is 5.91 Å². The maximum Gasteiger partial charge on any atom is 0.342 e. The normalized spacial score (nSPS) is 16.6. The lowest BCUT2D eigenvalue weighted by molar-refractivity contribution is -0.122. The van der Waals surface area contributed by atoms with Crippen LogP contribution in [0.1, 0.15) is 29.5 Å². The number of furan rings is 1. The molecule has 1 unspecified atom stereocenters. The van der Waals surface area contributed by atoms with E-state index in [1.165, 1.54) is 17.2 Å². The van der Waals surface area contributed by atoms with Crippen molar-refractivity contribution < 1.29 is 23.5 Å². The zero-order chi connectivity index (χ0) is 18.0. The summed E-state index contributed by atoms with van der Waals surface area (Å²) in [5.74, 6) is -0.752. The number of aryl methyl sites for hydroxylation is 1. The van der Waals surface area contributed by atoms with Crippen LogP contribution in [-0.4, -0.2) is 30.4 Å². The smallest absolute Gasteiger partial charge is 0.342 e. The van der Waals surface area contributed by atoms with Gasteiger partial charge in [-0.15, -0.1) is 0 Å². The minimum absolute atomic E-state index is 0.162. The van der Waals surface area contributed by atoms with Crippen LogP contribution in [0.25, 0.3) is 0 Å². The fraction of sp³-hybridized carbons (Fsp3) is 0.278. The van der Waals surface area contributed by atoms with Crippen molar-refractivity contribution in [3.63, 3.8) is 0 Å². The van der Waals surface area contributed by atoms with Gasteiger partial charge in [-0.1, -0.05) is 12.1 Å². The van der Waals surface area contributed by atoms with E-state index < -0.39 is 18.5 Å². The van der Waals surface area contributed by atoms with Crippen molar-refractivity contribution in [3.8, 4) is 0 Å². The molecule has 7 nitrogen and oxygen atoms in total. The number of benzene rings is 1. The van der Waals surface area contributed by atoms with Crippen LogP contribution >= 0.6 is 0 Å². The number of esters is 1. The molecule has 1 aliphatic heterocycles. The summed E-state index contributed by atoms with van der Waals surface area (Å²) in [6.07, 6.45) is 1.55. The van der Waals surface area contributed by atoms with Crippen molar-refractivity contribution in [2.24, 2.45) is 0 Å². The summed E-state index contributed by atoms with van der Waals surface area (Å²) in [7, 11) is 0. The molecule has 0 saturated heterocycles. The molecule has 2 amide bonds. The van der Waals surface area contributed by atoms with Gasteiger partial charge in [0.2, 0.25) is 5.91 Å². The lowest BCUT2D eigenvalue weighted by Gasteiger charge is -2.27. The highest BCUT2D eigenvalue weighted by molar-refractivity contribution is 6.05. The molecule has 0 aliphatic carbocycles. The van der Waals surface area contributed by atoms with Gasteiger partial charge in [-0.05, 0) is 32.0 Å². The third kappa shape index (κ3) is 3.40. The van der Waals surface area contributed by atoms with Crippen LogP contribution in [0.2, 0.25) is 0 Å². The molecule has 3 rings (SSSR count). The Kier molecular flexibility index (Phi) is 4.56. The van der Waals surface area contributed by atoms with Crippen molar-refractivity contribution >= 4 is 29.2 Å². The van der Waals surface area contributed by atoms with Crippen LogP contribution < -0.4 is 10.2 Å². The molecule has 2 aromatic rings. The fourth-order valence-electron chi connectivity index (χ4n) is 2.84. The zero-order valence-electron chi connectivity index (χ0n) is 13.9. The largest absolute Gasteiger partial charge is 0.469 e. The number of nitrogens with one attached hydrogen (secondary N) is 1. The number of carbonyl (C=O) groups is 3. The Morgan fingerprint density at radius 3 is 2.80 bits per heavy atom. The minimum atomic E-state index is -0.621. The number of fused-ring (bicyclic) bond motifs is 1. The minimum Gasteiger partial charge on any atom is -0.469 e. The van der Waals surface area contributed by atoms with E-state index in [-0.39, 0.29) is 23.9 Å². The first kappa shape index (κ1) is 16.8. The van der Waals surface area contributed by atoms with Gasteiger partial charge in [-0.25, -0.2) is 4.79 Å². The van der Waals surface area contributed by atoms with Crippen LogP contribution in [0.5, 0.6) is 0 Å². The number of carbonyl (C=O) groups excluding carboxylic acids is 3. The number of ether oxygens (including phenoxy) is 1.